The van der Waals surface area contributed by atoms with E-state index in [0.29, 0.717) is 0 Å². The topological polar surface area (TPSA) is 40.6 Å². The average Bonchev–Trinajstić information content (AvgIpc) is 2.57. The molecule has 0 N–H and O–H groups in total. The molecule has 0 aliphatic carbocycles. The Kier molecular flexibility index (Phi) is 9.69. The summed E-state index contributed by atoms with van der Waals surface area (Å²) < 4.78 is 0. The molecule has 0 radical (unpaired) electrons. The number of benzene rings is 2. The molecule has 0 aliphatic heterocycles. The van der Waals surface area contributed by atoms with E-state index in [1.807, 2.05) is 48.5 Å². The zero-order valence-electron chi connectivity index (χ0n) is 12.1. The van der Waals surface area contributed by atoms with Gasteiger partial charge in [-0.05, 0) is 0 Å². The second kappa shape index (κ2) is 11.6. The van der Waals surface area contributed by atoms with Gasteiger partial charge in [0.05, 0.1) is 0 Å². The SMILES string of the molecule is [Fe+2].[Fe+]=[CH]/C=C\[N-]c1ccccc1[N-]/C=C\C=Nc1[c-]cccc1. The zero-order valence-corrected chi connectivity index (χ0v) is 14.3. The second-order valence-electron chi connectivity index (χ2n) is 4.07. The van der Waals surface area contributed by atoms with Gasteiger partial charge < -0.3 is 0 Å². The van der Waals surface area contributed by atoms with Crippen LogP contribution in [0.2, 0.25) is 0 Å². The summed E-state index contributed by atoms with van der Waals surface area (Å²) in [7, 11) is 0. The van der Waals surface area contributed by atoms with E-state index in [1.54, 1.807) is 35.7 Å². The van der Waals surface area contributed by atoms with Gasteiger partial charge in [-0.1, -0.05) is 0 Å². The van der Waals surface area contributed by atoms with Crippen molar-refractivity contribution in [1.82, 2.24) is 0 Å². The van der Waals surface area contributed by atoms with Crippen LogP contribution in [0.25, 0.3) is 10.6 Å². The van der Waals surface area contributed by atoms with Crippen molar-refractivity contribution >= 4 is 28.2 Å². The number of allylic oxidation sites excluding steroid dienone is 2. The van der Waals surface area contributed by atoms with Crippen LogP contribution in [0.4, 0.5) is 17.1 Å². The summed E-state index contributed by atoms with van der Waals surface area (Å²) in [6, 6.07) is 18.2. The first kappa shape index (κ1) is 19.1. The molecular formula is C18H14Fe2N3. The number of nitrogens with zero attached hydrogens (tertiary/aromatic N) is 3. The van der Waals surface area contributed by atoms with E-state index in [4.69, 9.17) is 0 Å². The summed E-state index contributed by atoms with van der Waals surface area (Å²) >= 11 is 3.61. The van der Waals surface area contributed by atoms with Crippen molar-refractivity contribution in [2.75, 3.05) is 0 Å². The summed E-state index contributed by atoms with van der Waals surface area (Å²) in [5.74, 6) is 0. The standard InChI is InChI=1S/C18H14N3.2Fe/c1-2-13-20-17-11-6-7-12-18(17)21-15-8-14-19-16-9-4-3-5-10-16;;/h1-9,11-15H;;/q-3;+1;+2/b13-2-,15-8-,19-14?;;. The minimum absolute atomic E-state index is 0. The molecule has 2 aromatic rings. The number of para-hydroxylation sites is 3. The predicted molar refractivity (Wildman–Crippen MR) is 90.3 cm³/mol. The van der Waals surface area contributed by atoms with Crippen LogP contribution in [0, 0.1) is 6.07 Å². The number of hydrogen-bond acceptors (Lipinski definition) is 1. The molecule has 0 bridgehead atoms. The van der Waals surface area contributed by atoms with E-state index in [9.17, 15) is 0 Å². The van der Waals surface area contributed by atoms with Gasteiger partial charge in [0, 0.05) is 0 Å². The first-order valence-electron chi connectivity index (χ1n) is 6.64. The third kappa shape index (κ3) is 7.27. The number of rotatable bonds is 7. The van der Waals surface area contributed by atoms with Gasteiger partial charge in [-0.2, -0.15) is 24.3 Å². The smallest absolute Gasteiger partial charge is 0.175 e. The van der Waals surface area contributed by atoms with Crippen molar-refractivity contribution in [3.05, 3.63) is 89.8 Å². The van der Waals surface area contributed by atoms with Crippen LogP contribution in [0.3, 0.4) is 0 Å². The van der Waals surface area contributed by atoms with Crippen LogP contribution >= 0.6 is 0 Å². The van der Waals surface area contributed by atoms with Crippen molar-refractivity contribution in [3.8, 4) is 0 Å². The van der Waals surface area contributed by atoms with Gasteiger partial charge in [-0.3, -0.25) is 0 Å². The number of aliphatic imine (C=N–C) groups is 1. The fourth-order valence-corrected chi connectivity index (χ4v) is 1.68. The van der Waals surface area contributed by atoms with Crippen molar-refractivity contribution < 1.29 is 32.6 Å². The van der Waals surface area contributed by atoms with Crippen molar-refractivity contribution in [3.63, 3.8) is 0 Å². The monoisotopic (exact) mass is 384 g/mol. The Labute approximate surface area is 155 Å². The first-order valence-corrected chi connectivity index (χ1v) is 7.28. The Bertz CT molecular complexity index is 680. The van der Waals surface area contributed by atoms with Crippen LogP contribution in [0.5, 0.6) is 0 Å². The minimum Gasteiger partial charge on any atom is -0.175 e. The molecule has 2 rings (SSSR count). The van der Waals surface area contributed by atoms with E-state index in [0.717, 1.165) is 17.1 Å². The van der Waals surface area contributed by atoms with E-state index in [-0.39, 0.29) is 17.1 Å². The van der Waals surface area contributed by atoms with Gasteiger partial charge in [-0.15, -0.1) is 6.07 Å². The molecule has 0 saturated heterocycles. The predicted octanol–water partition coefficient (Wildman–Crippen LogP) is 5.27. The minimum atomic E-state index is 0. The van der Waals surface area contributed by atoms with Gasteiger partial charge >= 0.3 is 125 Å². The molecular weight excluding hydrogens is 370 g/mol. The summed E-state index contributed by atoms with van der Waals surface area (Å²) in [5.41, 5.74) is 2.39. The molecule has 0 aliphatic rings. The molecule has 23 heavy (non-hydrogen) atoms. The average molecular weight is 384 g/mol. The molecule has 2 aromatic carbocycles. The molecule has 0 saturated carbocycles. The Hall–Kier alpha value is -1.90. The Morgan fingerprint density at radius 1 is 0.913 bits per heavy atom. The van der Waals surface area contributed by atoms with E-state index < -0.39 is 0 Å². The van der Waals surface area contributed by atoms with Gasteiger partial charge in [0.2, 0.25) is 0 Å². The van der Waals surface area contributed by atoms with E-state index in [2.05, 4.69) is 37.3 Å². The molecule has 3 nitrogen and oxygen atoms in total. The van der Waals surface area contributed by atoms with Crippen LogP contribution in [-0.4, -0.2) is 11.1 Å². The molecule has 5 heteroatoms. The van der Waals surface area contributed by atoms with Crippen molar-refractivity contribution in [1.29, 1.82) is 0 Å². The molecule has 0 fully saturated rings. The molecule has 0 spiro atoms. The van der Waals surface area contributed by atoms with Crippen LogP contribution in [-0.2, 0) is 32.6 Å². The molecule has 0 heterocycles. The van der Waals surface area contributed by atoms with Gasteiger partial charge in [0.15, 0.2) is 0 Å². The van der Waals surface area contributed by atoms with E-state index >= 15 is 0 Å². The second-order valence-corrected chi connectivity index (χ2v) is 4.44. The summed E-state index contributed by atoms with van der Waals surface area (Å²) in [6.45, 7) is 0. The fraction of sp³-hybridized carbons (Fsp3) is 0. The zero-order chi connectivity index (χ0) is 15.5. The van der Waals surface area contributed by atoms with Crippen LogP contribution in [0.15, 0.2) is 78.1 Å². The molecule has 0 amide bonds. The third-order valence-electron chi connectivity index (χ3n) is 2.54. The normalized spacial score (nSPS) is 10.8. The van der Waals surface area contributed by atoms with E-state index in [1.165, 1.54) is 0 Å². The first-order chi connectivity index (χ1) is 10.9. The Morgan fingerprint density at radius 2 is 1.57 bits per heavy atom. The maximum atomic E-state index is 4.38. The van der Waals surface area contributed by atoms with Crippen LogP contribution in [0.1, 0.15) is 0 Å². The van der Waals surface area contributed by atoms with Gasteiger partial charge in [0.1, 0.15) is 0 Å². The maximum absolute atomic E-state index is 4.38. The van der Waals surface area contributed by atoms with Crippen molar-refractivity contribution in [2.24, 2.45) is 4.99 Å². The quantitative estimate of drug-likeness (QED) is 0.355. The molecule has 0 atom stereocenters. The molecule has 0 unspecified atom stereocenters. The Balaban J connectivity index is 0.00000264. The fourth-order valence-electron chi connectivity index (χ4n) is 1.59. The van der Waals surface area contributed by atoms with Gasteiger partial charge in [0.25, 0.3) is 0 Å². The summed E-state index contributed by atoms with van der Waals surface area (Å²) in [5, 5.41) is 8.70. The molecule has 0 aromatic heterocycles. The summed E-state index contributed by atoms with van der Waals surface area (Å²) in [6.07, 6.45) is 8.62. The third-order valence-corrected chi connectivity index (χ3v) is 2.75. The van der Waals surface area contributed by atoms with Gasteiger partial charge in [-0.25, -0.2) is 0 Å². The van der Waals surface area contributed by atoms with Crippen LogP contribution < -0.4 is 0 Å². The Morgan fingerprint density at radius 3 is 2.17 bits per heavy atom. The van der Waals surface area contributed by atoms with Crippen molar-refractivity contribution in [2.45, 2.75) is 0 Å². The molecule has 117 valence electrons. The summed E-state index contributed by atoms with van der Waals surface area (Å²) in [4.78, 5) is 5.93. The number of hydrogen-bond donors (Lipinski definition) is 0.